The summed E-state index contributed by atoms with van der Waals surface area (Å²) in [5.74, 6) is 0. The van der Waals surface area contributed by atoms with E-state index < -0.39 is 0 Å². The minimum Gasteiger partial charge on any atom is -0.0853 e. The largest absolute Gasteiger partial charge is 0.0853 e. The molecule has 0 aliphatic carbocycles. The minimum absolute atomic E-state index is 0.367. The highest BCUT2D eigenvalue weighted by Gasteiger charge is 2.20. The van der Waals surface area contributed by atoms with E-state index in [4.69, 9.17) is 0 Å². The first-order valence-electron chi connectivity index (χ1n) is 17.2. The lowest BCUT2D eigenvalue weighted by Gasteiger charge is -2.23. The Labute approximate surface area is 296 Å². The van der Waals surface area contributed by atoms with Crippen molar-refractivity contribution >= 4 is 21.6 Å². The Hall–Kier alpha value is -3.98. The maximum atomic E-state index is 2.45. The van der Waals surface area contributed by atoms with Crippen LogP contribution in [0.5, 0.6) is 0 Å². The molecule has 0 saturated heterocycles. The molecule has 0 saturated carbocycles. The van der Waals surface area contributed by atoms with E-state index in [2.05, 4.69) is 175 Å². The van der Waals surface area contributed by atoms with E-state index in [1.54, 1.807) is 0 Å². The fraction of sp³-hybridized carbons (Fsp3) is 0.217. The molecule has 0 bridgehead atoms. The summed E-state index contributed by atoms with van der Waals surface area (Å²) < 4.78 is 0. The molecule has 0 nitrogen and oxygen atoms in total. The molecular weight excluding hydrogens is 617 g/mol. The molecule has 6 aromatic carbocycles. The molecule has 2 heteroatoms. The number of aryl methyl sites for hydroxylation is 4. The second kappa shape index (κ2) is 15.5. The van der Waals surface area contributed by atoms with Crippen molar-refractivity contribution in [3.8, 4) is 44.5 Å². The van der Waals surface area contributed by atoms with Crippen LogP contribution in [0.3, 0.4) is 0 Å². The zero-order chi connectivity index (χ0) is 33.6. The average molecular weight is 663 g/mol. The second-order valence-corrected chi connectivity index (χ2v) is 15.6. The maximum Gasteiger partial charge on any atom is 0.0399 e. The summed E-state index contributed by atoms with van der Waals surface area (Å²) in [6.45, 7) is 13.6. The molecular formula is C46H46S2. The summed E-state index contributed by atoms with van der Waals surface area (Å²) in [6.07, 6.45) is 2.13. The van der Waals surface area contributed by atoms with Crippen molar-refractivity contribution < 1.29 is 0 Å². The zero-order valence-electron chi connectivity index (χ0n) is 29.1. The SMILES string of the molecule is CC[C@@H](SS[C@H](CC)c1cc(-c2ccccc2C)cc(-c2ccccc2C)c1)c1cc(-c2ccccc2C)cc(-c2ccccc2C)c1. The van der Waals surface area contributed by atoms with Crippen LogP contribution >= 0.6 is 21.6 Å². The number of hydrogen-bond donors (Lipinski definition) is 0. The average Bonchev–Trinajstić information content (AvgIpc) is 3.10. The molecule has 0 aliphatic heterocycles. The summed E-state index contributed by atoms with van der Waals surface area (Å²) in [6, 6.07) is 49.7. The van der Waals surface area contributed by atoms with E-state index >= 15 is 0 Å². The Morgan fingerprint density at radius 1 is 0.375 bits per heavy atom. The van der Waals surface area contributed by atoms with Gasteiger partial charge in [-0.25, -0.2) is 0 Å². The molecule has 0 radical (unpaired) electrons. The Morgan fingerprint density at radius 3 is 0.854 bits per heavy atom. The molecule has 0 amide bonds. The Morgan fingerprint density at radius 2 is 0.625 bits per heavy atom. The standard InChI is InChI=1S/C46H46S2/c1-7-45(39-27-35(41-21-13-9-17-31(41)3)25-36(28-39)42-22-14-10-18-32(42)4)47-48-46(8-2)40-29-37(43-23-15-11-19-33(43)5)26-38(30-40)44-24-16-12-20-34(44)6/h9-30,45-46H,7-8H2,1-6H3/t45-,46-/m1/s1. The third-order valence-corrected chi connectivity index (χ3v) is 13.0. The highest BCUT2D eigenvalue weighted by atomic mass is 33.1. The number of rotatable bonds is 11. The first-order chi connectivity index (χ1) is 23.4. The Bertz CT molecular complexity index is 1750. The van der Waals surface area contributed by atoms with Gasteiger partial charge in [-0.1, -0.05) is 132 Å². The number of benzene rings is 6. The number of hydrogen-bond acceptors (Lipinski definition) is 2. The van der Waals surface area contributed by atoms with Crippen molar-refractivity contribution in [3.05, 3.63) is 167 Å². The van der Waals surface area contributed by atoms with Crippen molar-refractivity contribution in [2.24, 2.45) is 0 Å². The van der Waals surface area contributed by atoms with Gasteiger partial charge in [-0.3, -0.25) is 0 Å². The molecule has 0 aromatic heterocycles. The molecule has 6 rings (SSSR count). The van der Waals surface area contributed by atoms with E-state index in [0.717, 1.165) is 12.8 Å². The summed E-state index contributed by atoms with van der Waals surface area (Å²) in [5.41, 5.74) is 18.5. The first-order valence-corrected chi connectivity index (χ1v) is 19.5. The van der Waals surface area contributed by atoms with Crippen molar-refractivity contribution in [1.82, 2.24) is 0 Å². The molecule has 0 aliphatic rings. The molecule has 242 valence electrons. The minimum atomic E-state index is 0.367. The Balaban J connectivity index is 1.37. The molecule has 6 aromatic rings. The maximum absolute atomic E-state index is 2.45. The monoisotopic (exact) mass is 662 g/mol. The van der Waals surface area contributed by atoms with Gasteiger partial charge in [0.15, 0.2) is 0 Å². The fourth-order valence-electron chi connectivity index (χ4n) is 6.74. The summed E-state index contributed by atoms with van der Waals surface area (Å²) in [5, 5.41) is 0.734. The van der Waals surface area contributed by atoms with Crippen LogP contribution in [0.25, 0.3) is 44.5 Å². The molecule has 0 fully saturated rings. The van der Waals surface area contributed by atoms with Crippen LogP contribution in [-0.4, -0.2) is 0 Å². The van der Waals surface area contributed by atoms with E-state index in [-0.39, 0.29) is 0 Å². The zero-order valence-corrected chi connectivity index (χ0v) is 30.7. The van der Waals surface area contributed by atoms with E-state index in [9.17, 15) is 0 Å². The third-order valence-electron chi connectivity index (χ3n) is 9.51. The predicted molar refractivity (Wildman–Crippen MR) is 215 cm³/mol. The van der Waals surface area contributed by atoms with Crippen LogP contribution in [0.15, 0.2) is 133 Å². The van der Waals surface area contributed by atoms with Gasteiger partial charge in [0, 0.05) is 10.5 Å². The van der Waals surface area contributed by atoms with Crippen molar-refractivity contribution in [2.45, 2.75) is 64.9 Å². The summed E-state index contributed by atoms with van der Waals surface area (Å²) >= 11 is 0. The lowest BCUT2D eigenvalue weighted by Crippen LogP contribution is -1.98. The van der Waals surface area contributed by atoms with Crippen molar-refractivity contribution in [3.63, 3.8) is 0 Å². The van der Waals surface area contributed by atoms with Gasteiger partial charge in [-0.2, -0.15) is 0 Å². The van der Waals surface area contributed by atoms with Crippen LogP contribution in [0.4, 0.5) is 0 Å². The lowest BCUT2D eigenvalue weighted by atomic mass is 9.91. The van der Waals surface area contributed by atoms with Gasteiger partial charge >= 0.3 is 0 Å². The van der Waals surface area contributed by atoms with E-state index in [0.29, 0.717) is 10.5 Å². The van der Waals surface area contributed by atoms with Gasteiger partial charge in [-0.15, -0.1) is 0 Å². The van der Waals surface area contributed by atoms with Gasteiger partial charge in [0.1, 0.15) is 0 Å². The highest BCUT2D eigenvalue weighted by Crippen LogP contribution is 2.51. The predicted octanol–water partition coefficient (Wildman–Crippen LogP) is 14.6. The second-order valence-electron chi connectivity index (χ2n) is 12.9. The van der Waals surface area contributed by atoms with Crippen LogP contribution in [-0.2, 0) is 0 Å². The topological polar surface area (TPSA) is 0 Å². The lowest BCUT2D eigenvalue weighted by molar-refractivity contribution is 0.894. The van der Waals surface area contributed by atoms with Crippen LogP contribution in [0.2, 0.25) is 0 Å². The Kier molecular flexibility index (Phi) is 10.9. The summed E-state index contributed by atoms with van der Waals surface area (Å²) in [4.78, 5) is 0. The fourth-order valence-corrected chi connectivity index (χ4v) is 10.1. The van der Waals surface area contributed by atoms with Crippen molar-refractivity contribution in [2.75, 3.05) is 0 Å². The highest BCUT2D eigenvalue weighted by molar-refractivity contribution is 8.76. The van der Waals surface area contributed by atoms with Gasteiger partial charge in [0.2, 0.25) is 0 Å². The third kappa shape index (κ3) is 7.51. The molecule has 48 heavy (non-hydrogen) atoms. The van der Waals surface area contributed by atoms with E-state index in [1.807, 2.05) is 21.6 Å². The normalized spacial score (nSPS) is 12.5. The molecule has 0 heterocycles. The molecule has 2 atom stereocenters. The smallest absolute Gasteiger partial charge is 0.0399 e. The van der Waals surface area contributed by atoms with Gasteiger partial charge in [-0.05, 0) is 155 Å². The van der Waals surface area contributed by atoms with Gasteiger partial charge in [0.25, 0.3) is 0 Å². The van der Waals surface area contributed by atoms with Crippen molar-refractivity contribution in [1.29, 1.82) is 0 Å². The summed E-state index contributed by atoms with van der Waals surface area (Å²) in [7, 11) is 4.09. The molecule has 0 N–H and O–H groups in total. The first kappa shape index (κ1) is 33.9. The quantitative estimate of drug-likeness (QED) is 0.127. The van der Waals surface area contributed by atoms with Gasteiger partial charge < -0.3 is 0 Å². The van der Waals surface area contributed by atoms with Crippen LogP contribution in [0, 0.1) is 27.7 Å². The molecule has 0 unspecified atom stereocenters. The van der Waals surface area contributed by atoms with Crippen LogP contribution in [0.1, 0.15) is 70.6 Å². The molecule has 0 spiro atoms. The van der Waals surface area contributed by atoms with Gasteiger partial charge in [0.05, 0.1) is 0 Å². The van der Waals surface area contributed by atoms with Crippen LogP contribution < -0.4 is 0 Å². The van der Waals surface area contributed by atoms with E-state index in [1.165, 1.54) is 77.9 Å².